The number of aromatic nitrogens is 1. The standard InChI is InChI=1S/C21H25N3O4/c1-4-27-21(26)18-12-17(24-28-18)16(11-13(2)3)23-20(25)19-15-8-6-5-7-14(15)9-10-22-19/h5-10,13,16,18H,4,11-12H2,1-3H3,(H,23,25)/t16-,18?/m0/s1. The van der Waals surface area contributed by atoms with E-state index in [9.17, 15) is 9.59 Å². The van der Waals surface area contributed by atoms with Crippen LogP contribution in [0.3, 0.4) is 0 Å². The highest BCUT2D eigenvalue weighted by atomic mass is 16.7. The number of hydrogen-bond acceptors (Lipinski definition) is 6. The summed E-state index contributed by atoms with van der Waals surface area (Å²) in [6, 6.07) is 9.15. The highest BCUT2D eigenvalue weighted by Crippen LogP contribution is 2.20. The summed E-state index contributed by atoms with van der Waals surface area (Å²) in [6.07, 6.45) is 1.85. The first-order valence-electron chi connectivity index (χ1n) is 9.53. The molecule has 148 valence electrons. The fraction of sp³-hybridized carbons (Fsp3) is 0.429. The van der Waals surface area contributed by atoms with Crippen LogP contribution in [-0.4, -0.2) is 41.3 Å². The van der Waals surface area contributed by atoms with E-state index in [1.165, 1.54) is 0 Å². The van der Waals surface area contributed by atoms with Gasteiger partial charge in [0, 0.05) is 18.0 Å². The van der Waals surface area contributed by atoms with Gasteiger partial charge in [0.15, 0.2) is 0 Å². The molecule has 2 aromatic rings. The van der Waals surface area contributed by atoms with E-state index in [0.717, 1.165) is 10.8 Å². The van der Waals surface area contributed by atoms with E-state index in [1.54, 1.807) is 13.1 Å². The minimum atomic E-state index is -0.753. The van der Waals surface area contributed by atoms with Crippen LogP contribution in [0, 0.1) is 5.92 Å². The van der Waals surface area contributed by atoms with Crippen molar-refractivity contribution in [3.8, 4) is 0 Å². The van der Waals surface area contributed by atoms with Gasteiger partial charge in [-0.2, -0.15) is 0 Å². The molecule has 7 nitrogen and oxygen atoms in total. The highest BCUT2D eigenvalue weighted by molar-refractivity contribution is 6.07. The molecule has 0 aliphatic carbocycles. The number of nitrogens with zero attached hydrogens (tertiary/aromatic N) is 2. The molecule has 1 aromatic carbocycles. The van der Waals surface area contributed by atoms with Crippen molar-refractivity contribution in [1.29, 1.82) is 0 Å². The summed E-state index contributed by atoms with van der Waals surface area (Å²) in [6.45, 7) is 6.16. The van der Waals surface area contributed by atoms with Crippen molar-refractivity contribution in [1.82, 2.24) is 10.3 Å². The molecular formula is C21H25N3O4. The number of carbonyl (C=O) groups is 2. The average Bonchev–Trinajstić information content (AvgIpc) is 3.17. The molecule has 0 bridgehead atoms. The van der Waals surface area contributed by atoms with E-state index in [4.69, 9.17) is 9.57 Å². The number of amides is 1. The number of oxime groups is 1. The average molecular weight is 383 g/mol. The third-order valence-corrected chi connectivity index (χ3v) is 4.54. The molecule has 1 amide bonds. The molecule has 1 aromatic heterocycles. The molecule has 0 fully saturated rings. The zero-order chi connectivity index (χ0) is 20.1. The summed E-state index contributed by atoms with van der Waals surface area (Å²) >= 11 is 0. The van der Waals surface area contributed by atoms with E-state index in [2.05, 4.69) is 29.3 Å². The van der Waals surface area contributed by atoms with Gasteiger partial charge in [-0.1, -0.05) is 43.3 Å². The summed E-state index contributed by atoms with van der Waals surface area (Å²) in [4.78, 5) is 34.4. The van der Waals surface area contributed by atoms with Crippen LogP contribution in [0.2, 0.25) is 0 Å². The van der Waals surface area contributed by atoms with Crippen LogP contribution in [0.5, 0.6) is 0 Å². The normalized spacial score (nSPS) is 17.1. The van der Waals surface area contributed by atoms with E-state index in [0.29, 0.717) is 30.2 Å². The Morgan fingerprint density at radius 2 is 2.07 bits per heavy atom. The van der Waals surface area contributed by atoms with Crippen molar-refractivity contribution in [3.63, 3.8) is 0 Å². The van der Waals surface area contributed by atoms with Gasteiger partial charge in [-0.25, -0.2) is 4.79 Å². The van der Waals surface area contributed by atoms with Gasteiger partial charge in [-0.15, -0.1) is 0 Å². The number of hydrogen-bond donors (Lipinski definition) is 1. The van der Waals surface area contributed by atoms with Crippen molar-refractivity contribution in [2.24, 2.45) is 11.1 Å². The van der Waals surface area contributed by atoms with Gasteiger partial charge in [-0.05, 0) is 30.7 Å². The van der Waals surface area contributed by atoms with Crippen molar-refractivity contribution in [2.45, 2.75) is 45.8 Å². The third kappa shape index (κ3) is 4.47. The number of rotatable bonds is 7. The Labute approximate surface area is 164 Å². The topological polar surface area (TPSA) is 89.9 Å². The van der Waals surface area contributed by atoms with Crippen molar-refractivity contribution in [2.75, 3.05) is 6.61 Å². The van der Waals surface area contributed by atoms with Crippen LogP contribution in [0.15, 0.2) is 41.7 Å². The first-order valence-corrected chi connectivity index (χ1v) is 9.53. The van der Waals surface area contributed by atoms with Crippen LogP contribution in [0.4, 0.5) is 0 Å². The third-order valence-electron chi connectivity index (χ3n) is 4.54. The number of fused-ring (bicyclic) bond motifs is 1. The van der Waals surface area contributed by atoms with Crippen molar-refractivity contribution < 1.29 is 19.2 Å². The predicted octanol–water partition coefficient (Wildman–Crippen LogP) is 3.09. The number of nitrogens with one attached hydrogen (secondary N) is 1. The van der Waals surface area contributed by atoms with E-state index < -0.39 is 12.1 Å². The predicted molar refractivity (Wildman–Crippen MR) is 106 cm³/mol. The maximum absolute atomic E-state index is 13.0. The molecule has 1 aliphatic heterocycles. The van der Waals surface area contributed by atoms with Gasteiger partial charge < -0.3 is 14.9 Å². The number of ether oxygens (including phenoxy) is 1. The van der Waals surface area contributed by atoms with Gasteiger partial charge in [0.25, 0.3) is 5.91 Å². The van der Waals surface area contributed by atoms with Crippen LogP contribution >= 0.6 is 0 Å². The summed E-state index contributed by atoms with van der Waals surface area (Å²) in [7, 11) is 0. The summed E-state index contributed by atoms with van der Waals surface area (Å²) in [5, 5.41) is 8.83. The Bertz CT molecular complexity index is 889. The number of carbonyl (C=O) groups excluding carboxylic acids is 2. The Morgan fingerprint density at radius 1 is 1.29 bits per heavy atom. The van der Waals surface area contributed by atoms with Crippen LogP contribution in [-0.2, 0) is 14.4 Å². The molecule has 2 heterocycles. The second-order valence-electron chi connectivity index (χ2n) is 7.17. The highest BCUT2D eigenvalue weighted by Gasteiger charge is 2.34. The van der Waals surface area contributed by atoms with E-state index >= 15 is 0 Å². The maximum atomic E-state index is 13.0. The minimum Gasteiger partial charge on any atom is -0.463 e. The maximum Gasteiger partial charge on any atom is 0.350 e. The van der Waals surface area contributed by atoms with Crippen molar-refractivity contribution in [3.05, 3.63) is 42.2 Å². The minimum absolute atomic E-state index is 0.273. The fourth-order valence-electron chi connectivity index (χ4n) is 3.24. The van der Waals surface area contributed by atoms with Crippen LogP contribution in [0.1, 0.15) is 44.1 Å². The van der Waals surface area contributed by atoms with Gasteiger partial charge in [0.1, 0.15) is 5.69 Å². The Morgan fingerprint density at radius 3 is 2.82 bits per heavy atom. The van der Waals surface area contributed by atoms with Crippen LogP contribution in [0.25, 0.3) is 10.8 Å². The second kappa shape index (κ2) is 8.82. The first kappa shape index (κ1) is 19.8. The fourth-order valence-corrected chi connectivity index (χ4v) is 3.24. The molecule has 0 saturated heterocycles. The SMILES string of the molecule is CCOC(=O)C1CC([C@H](CC(C)C)NC(=O)c2nccc3ccccc23)=NO1. The lowest BCUT2D eigenvalue weighted by atomic mass is 9.96. The molecule has 0 saturated carbocycles. The molecule has 0 spiro atoms. The molecule has 3 rings (SSSR count). The zero-order valence-electron chi connectivity index (χ0n) is 16.3. The molecular weight excluding hydrogens is 358 g/mol. The lowest BCUT2D eigenvalue weighted by Crippen LogP contribution is -2.42. The molecule has 28 heavy (non-hydrogen) atoms. The van der Waals surface area contributed by atoms with Crippen molar-refractivity contribution >= 4 is 28.4 Å². The van der Waals surface area contributed by atoms with E-state index in [-0.39, 0.29) is 18.6 Å². The first-order chi connectivity index (χ1) is 13.5. The number of esters is 1. The molecule has 0 radical (unpaired) electrons. The van der Waals surface area contributed by atoms with E-state index in [1.807, 2.05) is 30.3 Å². The van der Waals surface area contributed by atoms with Gasteiger partial charge in [0.05, 0.1) is 18.4 Å². The summed E-state index contributed by atoms with van der Waals surface area (Å²) in [5.41, 5.74) is 1.01. The molecule has 1 aliphatic rings. The monoisotopic (exact) mass is 383 g/mol. The lowest BCUT2D eigenvalue weighted by molar-refractivity contribution is -0.154. The number of benzene rings is 1. The quantitative estimate of drug-likeness (QED) is 0.742. The Kier molecular flexibility index (Phi) is 6.23. The molecule has 2 atom stereocenters. The number of pyridine rings is 1. The largest absolute Gasteiger partial charge is 0.463 e. The smallest absolute Gasteiger partial charge is 0.350 e. The van der Waals surface area contributed by atoms with Gasteiger partial charge in [-0.3, -0.25) is 9.78 Å². The zero-order valence-corrected chi connectivity index (χ0v) is 16.3. The Balaban J connectivity index is 1.77. The molecule has 1 N–H and O–H groups in total. The Hall–Kier alpha value is -2.96. The lowest BCUT2D eigenvalue weighted by Gasteiger charge is -2.20. The summed E-state index contributed by atoms with van der Waals surface area (Å²) < 4.78 is 5.00. The van der Waals surface area contributed by atoms with Gasteiger partial charge >= 0.3 is 5.97 Å². The second-order valence-corrected chi connectivity index (χ2v) is 7.17. The molecule has 7 heteroatoms. The van der Waals surface area contributed by atoms with Crippen LogP contribution < -0.4 is 5.32 Å². The summed E-state index contributed by atoms with van der Waals surface area (Å²) in [5.74, 6) is -0.397. The molecule has 1 unspecified atom stereocenters. The van der Waals surface area contributed by atoms with Gasteiger partial charge in [0.2, 0.25) is 6.10 Å².